The van der Waals surface area contributed by atoms with E-state index in [4.69, 9.17) is 0 Å². The summed E-state index contributed by atoms with van der Waals surface area (Å²) in [5.41, 5.74) is -5.51. The molecule has 0 unspecified atom stereocenters. The fraction of sp³-hybridized carbons (Fsp3) is 0.294. The SMILES string of the molecule is Oc1cc(O)c(C23CC4(c5c(O)cc(O)cc5O)CC(c5c(O)cc(O)cc5O)(C2)CC(c2c(O)cc(O)cc2O)(C3)C4)c(O)c1. The highest BCUT2D eigenvalue weighted by Crippen LogP contribution is 2.78. The molecule has 4 fully saturated rings. The van der Waals surface area contributed by atoms with Crippen molar-refractivity contribution in [1.29, 1.82) is 0 Å². The summed E-state index contributed by atoms with van der Waals surface area (Å²) in [7, 11) is 0. The topological polar surface area (TPSA) is 243 Å². The zero-order valence-corrected chi connectivity index (χ0v) is 24.2. The van der Waals surface area contributed by atoms with E-state index in [0.29, 0.717) is 0 Å². The second kappa shape index (κ2) is 9.03. The third kappa shape index (κ3) is 3.85. The highest BCUT2D eigenvalue weighted by atomic mass is 16.3. The number of rotatable bonds is 4. The molecule has 4 aliphatic carbocycles. The Hall–Kier alpha value is -5.52. The van der Waals surface area contributed by atoms with Gasteiger partial charge in [0.05, 0.1) is 0 Å². The third-order valence-electron chi connectivity index (χ3n) is 10.5. The van der Waals surface area contributed by atoms with Gasteiger partial charge in [0.25, 0.3) is 0 Å². The van der Waals surface area contributed by atoms with Gasteiger partial charge in [-0.15, -0.1) is 0 Å². The van der Waals surface area contributed by atoms with Crippen molar-refractivity contribution in [3.63, 3.8) is 0 Å². The van der Waals surface area contributed by atoms with Gasteiger partial charge < -0.3 is 61.3 Å². The molecule has 0 aromatic heterocycles. The molecule has 0 aliphatic heterocycles. The first-order valence-electron chi connectivity index (χ1n) is 14.5. The lowest BCUT2D eigenvalue weighted by atomic mass is 9.31. The van der Waals surface area contributed by atoms with Crippen LogP contribution in [0.5, 0.6) is 69.0 Å². The van der Waals surface area contributed by atoms with E-state index in [2.05, 4.69) is 0 Å². The number of benzene rings is 4. The van der Waals surface area contributed by atoms with E-state index in [1.54, 1.807) is 0 Å². The molecular formula is C34H32O12. The van der Waals surface area contributed by atoms with Crippen LogP contribution in [0.25, 0.3) is 0 Å². The van der Waals surface area contributed by atoms with Crippen LogP contribution in [-0.4, -0.2) is 61.3 Å². The molecule has 0 radical (unpaired) electrons. The molecule has 8 rings (SSSR count). The maximum Gasteiger partial charge on any atom is 0.126 e. The number of aromatic hydroxyl groups is 12. The predicted molar refractivity (Wildman–Crippen MR) is 160 cm³/mol. The Balaban J connectivity index is 1.65. The normalized spacial score (nSPS) is 28.0. The first-order valence-corrected chi connectivity index (χ1v) is 14.5. The van der Waals surface area contributed by atoms with Crippen molar-refractivity contribution in [2.24, 2.45) is 0 Å². The van der Waals surface area contributed by atoms with Crippen LogP contribution in [0.4, 0.5) is 0 Å². The summed E-state index contributed by atoms with van der Waals surface area (Å²) in [6, 6.07) is 8.33. The summed E-state index contributed by atoms with van der Waals surface area (Å²) in [5.74, 6) is -5.63. The fourth-order valence-corrected chi connectivity index (χ4v) is 10.3. The summed E-state index contributed by atoms with van der Waals surface area (Å²) in [5, 5.41) is 131. The fourth-order valence-electron chi connectivity index (χ4n) is 10.3. The minimum absolute atomic E-state index is 0.0178. The molecule has 12 heteroatoms. The average Bonchev–Trinajstić information content (AvgIpc) is 2.84. The van der Waals surface area contributed by atoms with E-state index in [-0.39, 0.29) is 60.8 Å². The van der Waals surface area contributed by atoms with Crippen molar-refractivity contribution in [1.82, 2.24) is 0 Å². The molecule has 4 aromatic carbocycles. The zero-order chi connectivity index (χ0) is 33.1. The molecule has 0 heterocycles. The van der Waals surface area contributed by atoms with Crippen molar-refractivity contribution < 1.29 is 61.3 Å². The summed E-state index contributed by atoms with van der Waals surface area (Å²) >= 11 is 0. The molecule has 46 heavy (non-hydrogen) atoms. The standard InChI is InChI=1S/C34H32O12/c35-15-1-19(39)27(20(40)2-15)31-9-32(28-21(41)3-16(36)4-22(28)42)12-33(10-31,29-23(43)5-17(37)6-24(29)44)14-34(11-31,13-32)30-25(45)7-18(38)8-26(30)46/h1-8,35-46H,9-14H2. The Morgan fingerprint density at radius 1 is 0.261 bits per heavy atom. The predicted octanol–water partition coefficient (Wildman–Crippen LogP) is 4.59. The van der Waals surface area contributed by atoms with Crippen molar-refractivity contribution >= 4 is 0 Å². The first-order chi connectivity index (χ1) is 21.5. The van der Waals surface area contributed by atoms with Gasteiger partial charge in [-0.1, -0.05) is 0 Å². The van der Waals surface area contributed by atoms with Crippen LogP contribution in [0.2, 0.25) is 0 Å². The van der Waals surface area contributed by atoms with Gasteiger partial charge in [-0.05, 0) is 38.5 Å². The Kier molecular flexibility index (Phi) is 5.73. The number of hydrogen-bond donors (Lipinski definition) is 12. The molecule has 240 valence electrons. The van der Waals surface area contributed by atoms with Crippen molar-refractivity contribution in [2.45, 2.75) is 60.2 Å². The van der Waals surface area contributed by atoms with Gasteiger partial charge in [0.1, 0.15) is 69.0 Å². The number of phenolic OH excluding ortho intramolecular Hbond substituents is 12. The Labute approximate surface area is 261 Å². The molecule has 0 spiro atoms. The van der Waals surface area contributed by atoms with Crippen molar-refractivity contribution in [2.75, 3.05) is 0 Å². The lowest BCUT2D eigenvalue weighted by molar-refractivity contribution is -0.0738. The van der Waals surface area contributed by atoms with E-state index < -0.39 is 90.7 Å². The molecule has 0 amide bonds. The van der Waals surface area contributed by atoms with Crippen LogP contribution < -0.4 is 0 Å². The van der Waals surface area contributed by atoms with Crippen molar-refractivity contribution in [3.8, 4) is 69.0 Å². The van der Waals surface area contributed by atoms with E-state index in [0.717, 1.165) is 48.5 Å². The second-order valence-electron chi connectivity index (χ2n) is 13.6. The van der Waals surface area contributed by atoms with E-state index in [1.165, 1.54) is 0 Å². The largest absolute Gasteiger partial charge is 0.508 e. The zero-order valence-electron chi connectivity index (χ0n) is 24.2. The monoisotopic (exact) mass is 632 g/mol. The molecular weight excluding hydrogens is 600 g/mol. The maximum absolute atomic E-state index is 11.3. The van der Waals surface area contributed by atoms with Crippen molar-refractivity contribution in [3.05, 3.63) is 70.8 Å². The summed E-state index contributed by atoms with van der Waals surface area (Å²) < 4.78 is 0. The van der Waals surface area contributed by atoms with Gasteiger partial charge in [0, 0.05) is 92.4 Å². The third-order valence-corrected chi connectivity index (χ3v) is 10.5. The quantitative estimate of drug-likeness (QED) is 0.148. The van der Waals surface area contributed by atoms with E-state index >= 15 is 0 Å². The number of hydrogen-bond acceptors (Lipinski definition) is 12. The Morgan fingerprint density at radius 3 is 0.522 bits per heavy atom. The molecule has 4 aliphatic rings. The molecule has 12 N–H and O–H groups in total. The second-order valence-corrected chi connectivity index (χ2v) is 13.6. The Bertz CT molecular complexity index is 1560. The van der Waals surface area contributed by atoms with Gasteiger partial charge in [0.15, 0.2) is 0 Å². The highest BCUT2D eigenvalue weighted by molar-refractivity contribution is 5.65. The minimum atomic E-state index is -1.36. The van der Waals surface area contributed by atoms with E-state index in [9.17, 15) is 61.3 Å². The van der Waals surface area contributed by atoms with Crippen LogP contribution in [-0.2, 0) is 21.7 Å². The molecule has 4 bridgehead atoms. The van der Waals surface area contributed by atoms with Gasteiger partial charge >= 0.3 is 0 Å². The maximum atomic E-state index is 11.3. The van der Waals surface area contributed by atoms with Crippen LogP contribution in [0.15, 0.2) is 48.5 Å². The molecule has 4 saturated carbocycles. The van der Waals surface area contributed by atoms with E-state index in [1.807, 2.05) is 0 Å². The van der Waals surface area contributed by atoms with Gasteiger partial charge in [-0.2, -0.15) is 0 Å². The van der Waals surface area contributed by atoms with Crippen LogP contribution in [0.3, 0.4) is 0 Å². The smallest absolute Gasteiger partial charge is 0.126 e. The first kappa shape index (κ1) is 29.2. The molecule has 0 saturated heterocycles. The highest BCUT2D eigenvalue weighted by Gasteiger charge is 2.72. The lowest BCUT2D eigenvalue weighted by Gasteiger charge is -2.71. The van der Waals surface area contributed by atoms with Gasteiger partial charge in [-0.25, -0.2) is 0 Å². The number of phenols is 12. The minimum Gasteiger partial charge on any atom is -0.508 e. The van der Waals surface area contributed by atoms with Gasteiger partial charge in [-0.3, -0.25) is 0 Å². The summed E-state index contributed by atoms with van der Waals surface area (Å²) in [4.78, 5) is 0. The molecule has 12 nitrogen and oxygen atoms in total. The van der Waals surface area contributed by atoms with Crippen LogP contribution in [0.1, 0.15) is 60.8 Å². The Morgan fingerprint density at radius 2 is 0.391 bits per heavy atom. The average molecular weight is 633 g/mol. The van der Waals surface area contributed by atoms with Crippen LogP contribution >= 0.6 is 0 Å². The molecule has 4 aromatic rings. The lowest BCUT2D eigenvalue weighted by Crippen LogP contribution is -2.67. The van der Waals surface area contributed by atoms with Gasteiger partial charge in [0.2, 0.25) is 0 Å². The summed E-state index contributed by atoms with van der Waals surface area (Å²) in [6.07, 6.45) is 0.170. The summed E-state index contributed by atoms with van der Waals surface area (Å²) in [6.45, 7) is 0. The molecule has 0 atom stereocenters. The van der Waals surface area contributed by atoms with Crippen LogP contribution in [0, 0.1) is 0 Å².